The summed E-state index contributed by atoms with van der Waals surface area (Å²) < 4.78 is 89.7. The van der Waals surface area contributed by atoms with E-state index in [1.54, 1.807) is 0 Å². The highest BCUT2D eigenvalue weighted by molar-refractivity contribution is 5.66. The molecule has 0 radical (unpaired) electrons. The van der Waals surface area contributed by atoms with Gasteiger partial charge in [-0.05, 0) is 23.8 Å². The van der Waals surface area contributed by atoms with Crippen molar-refractivity contribution in [2.45, 2.75) is 17.8 Å². The van der Waals surface area contributed by atoms with Gasteiger partial charge >= 0.3 is 12.4 Å². The van der Waals surface area contributed by atoms with Gasteiger partial charge in [-0.3, -0.25) is 0 Å². The Bertz CT molecular complexity index is 1080. The van der Waals surface area contributed by atoms with E-state index < -0.39 is 51.5 Å². The number of aromatic hydroxyl groups is 2. The van der Waals surface area contributed by atoms with Crippen molar-refractivity contribution in [1.29, 1.82) is 0 Å². The van der Waals surface area contributed by atoms with Crippen molar-refractivity contribution >= 4 is 0 Å². The first-order valence-electron chi connectivity index (χ1n) is 8.54. The van der Waals surface area contributed by atoms with Crippen LogP contribution in [-0.4, -0.2) is 16.4 Å². The van der Waals surface area contributed by atoms with Crippen molar-refractivity contribution < 1.29 is 41.3 Å². The molecule has 0 saturated carbocycles. The second kappa shape index (κ2) is 6.32. The molecule has 3 aromatic rings. The van der Waals surface area contributed by atoms with Crippen LogP contribution in [0.5, 0.6) is 23.0 Å². The molecule has 0 aliphatic carbocycles. The topological polar surface area (TPSA) is 49.7 Å². The lowest BCUT2D eigenvalue weighted by molar-refractivity contribution is -0.168. The third-order valence-electron chi connectivity index (χ3n) is 5.01. The minimum Gasteiger partial charge on any atom is -0.508 e. The number of hydrogen-bond acceptors (Lipinski definition) is 3. The molecule has 3 nitrogen and oxygen atoms in total. The van der Waals surface area contributed by atoms with Gasteiger partial charge in [0.2, 0.25) is 0 Å². The number of alkyl halides is 6. The zero-order valence-corrected chi connectivity index (χ0v) is 14.8. The number of benzene rings is 3. The Kier molecular flexibility index (Phi) is 4.20. The molecule has 156 valence electrons. The van der Waals surface area contributed by atoms with Crippen LogP contribution in [0.3, 0.4) is 0 Å². The second-order valence-electron chi connectivity index (χ2n) is 6.79. The molecule has 0 unspecified atom stereocenters. The molecular weight excluding hydrogens is 414 g/mol. The minimum atomic E-state index is -5.10. The summed E-state index contributed by atoms with van der Waals surface area (Å²) in [6.07, 6.45) is -9.96. The fourth-order valence-electron chi connectivity index (χ4n) is 3.78. The van der Waals surface area contributed by atoms with Crippen molar-refractivity contribution in [1.82, 2.24) is 0 Å². The van der Waals surface area contributed by atoms with E-state index in [2.05, 4.69) is 0 Å². The Hall–Kier alpha value is -3.36. The SMILES string of the molecule is Oc1ccc2c(c1)Oc1cc(O)ccc1C2(c1cccc(C(F)(F)F)c1)C(F)(F)F. The van der Waals surface area contributed by atoms with Crippen molar-refractivity contribution in [3.8, 4) is 23.0 Å². The number of phenols is 2. The van der Waals surface area contributed by atoms with Gasteiger partial charge in [-0.15, -0.1) is 0 Å². The van der Waals surface area contributed by atoms with Crippen LogP contribution < -0.4 is 4.74 Å². The molecule has 1 aliphatic rings. The van der Waals surface area contributed by atoms with Crippen LogP contribution in [0.1, 0.15) is 22.3 Å². The Balaban J connectivity index is 2.15. The van der Waals surface area contributed by atoms with Crippen LogP contribution in [0, 0.1) is 0 Å². The molecule has 4 rings (SSSR count). The predicted molar refractivity (Wildman–Crippen MR) is 93.7 cm³/mol. The Morgan fingerprint density at radius 1 is 0.700 bits per heavy atom. The van der Waals surface area contributed by atoms with Gasteiger partial charge < -0.3 is 14.9 Å². The van der Waals surface area contributed by atoms with E-state index in [1.165, 1.54) is 0 Å². The summed E-state index contributed by atoms with van der Waals surface area (Å²) in [4.78, 5) is 0. The average molecular weight is 426 g/mol. The largest absolute Gasteiger partial charge is 0.508 e. The van der Waals surface area contributed by atoms with E-state index in [0.717, 1.165) is 48.5 Å². The van der Waals surface area contributed by atoms with E-state index >= 15 is 0 Å². The summed E-state index contributed by atoms with van der Waals surface area (Å²) in [5.74, 6) is -1.55. The van der Waals surface area contributed by atoms with Gasteiger partial charge in [-0.1, -0.05) is 30.3 Å². The fraction of sp³-hybridized carbons (Fsp3) is 0.143. The standard InChI is InChI=1S/C21H12F6O3/c22-20(23,24)12-3-1-2-11(8-12)19(21(25,26)27)15-6-4-13(28)9-17(15)30-18-10-14(29)5-7-16(18)19/h1-10,28-29H. The van der Waals surface area contributed by atoms with Gasteiger partial charge in [0.15, 0.2) is 0 Å². The van der Waals surface area contributed by atoms with Gasteiger partial charge in [-0.25, -0.2) is 0 Å². The van der Waals surface area contributed by atoms with Crippen molar-refractivity contribution in [3.05, 3.63) is 82.9 Å². The van der Waals surface area contributed by atoms with Gasteiger partial charge in [0.25, 0.3) is 0 Å². The molecule has 0 atom stereocenters. The summed E-state index contributed by atoms with van der Waals surface area (Å²) in [6, 6.07) is 8.82. The smallest absolute Gasteiger partial charge is 0.416 e. The van der Waals surface area contributed by atoms with Crippen LogP contribution in [0.2, 0.25) is 0 Å². The molecule has 0 fully saturated rings. The van der Waals surface area contributed by atoms with Crippen LogP contribution in [0.25, 0.3) is 0 Å². The van der Waals surface area contributed by atoms with Gasteiger partial charge in [0.05, 0.1) is 5.56 Å². The highest BCUT2D eigenvalue weighted by Gasteiger charge is 2.62. The van der Waals surface area contributed by atoms with E-state index in [4.69, 9.17) is 4.74 Å². The summed E-state index contributed by atoms with van der Waals surface area (Å²) in [5.41, 5.74) is -5.91. The minimum absolute atomic E-state index is 0.386. The Morgan fingerprint density at radius 2 is 1.23 bits per heavy atom. The summed E-state index contributed by atoms with van der Waals surface area (Å²) in [5, 5.41) is 19.5. The molecule has 30 heavy (non-hydrogen) atoms. The first-order chi connectivity index (χ1) is 13.9. The monoisotopic (exact) mass is 426 g/mol. The number of phenolic OH excluding ortho intramolecular Hbond substituents is 2. The summed E-state index contributed by atoms with van der Waals surface area (Å²) in [7, 11) is 0. The quantitative estimate of drug-likeness (QED) is 0.461. The average Bonchev–Trinajstić information content (AvgIpc) is 2.64. The van der Waals surface area contributed by atoms with E-state index in [0.29, 0.717) is 12.1 Å². The van der Waals surface area contributed by atoms with Crippen LogP contribution in [0.4, 0.5) is 26.3 Å². The molecule has 1 aliphatic heterocycles. The molecule has 0 bridgehead atoms. The maximum Gasteiger partial charge on any atom is 0.416 e. The van der Waals surface area contributed by atoms with Crippen molar-refractivity contribution in [2.75, 3.05) is 0 Å². The highest BCUT2D eigenvalue weighted by atomic mass is 19.4. The molecule has 0 amide bonds. The van der Waals surface area contributed by atoms with Gasteiger partial charge in [0, 0.05) is 23.3 Å². The molecule has 9 heteroatoms. The highest BCUT2D eigenvalue weighted by Crippen LogP contribution is 2.60. The fourth-order valence-corrected chi connectivity index (χ4v) is 3.78. The summed E-state index contributed by atoms with van der Waals surface area (Å²) in [6.45, 7) is 0. The van der Waals surface area contributed by atoms with Crippen molar-refractivity contribution in [2.24, 2.45) is 0 Å². The number of hydrogen-bond donors (Lipinski definition) is 2. The first-order valence-corrected chi connectivity index (χ1v) is 8.54. The van der Waals surface area contributed by atoms with E-state index in [9.17, 15) is 36.6 Å². The maximum atomic E-state index is 14.8. The lowest BCUT2D eigenvalue weighted by atomic mass is 9.66. The summed E-state index contributed by atoms with van der Waals surface area (Å²) >= 11 is 0. The Labute approximate surface area is 165 Å². The molecule has 0 aromatic heterocycles. The zero-order chi connectivity index (χ0) is 21.9. The zero-order valence-electron chi connectivity index (χ0n) is 14.8. The number of fused-ring (bicyclic) bond motifs is 2. The third kappa shape index (κ3) is 2.84. The maximum absolute atomic E-state index is 14.8. The molecule has 3 aromatic carbocycles. The predicted octanol–water partition coefficient (Wildman–Crippen LogP) is 6.12. The van der Waals surface area contributed by atoms with Gasteiger partial charge in [-0.2, -0.15) is 26.3 Å². The second-order valence-corrected chi connectivity index (χ2v) is 6.79. The van der Waals surface area contributed by atoms with Crippen molar-refractivity contribution in [3.63, 3.8) is 0 Å². The molecule has 0 saturated heterocycles. The van der Waals surface area contributed by atoms with E-state index in [1.807, 2.05) is 0 Å². The lowest BCUT2D eigenvalue weighted by Gasteiger charge is -2.42. The molecule has 0 spiro atoms. The van der Waals surface area contributed by atoms with Crippen LogP contribution in [-0.2, 0) is 11.6 Å². The lowest BCUT2D eigenvalue weighted by Crippen LogP contribution is -2.46. The Morgan fingerprint density at radius 3 is 1.70 bits per heavy atom. The molecule has 1 heterocycles. The number of rotatable bonds is 1. The normalized spacial score (nSPS) is 15.1. The first kappa shape index (κ1) is 19.9. The van der Waals surface area contributed by atoms with Crippen LogP contribution >= 0.6 is 0 Å². The molecular formula is C21H12F6O3. The van der Waals surface area contributed by atoms with E-state index in [-0.39, 0.29) is 11.5 Å². The third-order valence-corrected chi connectivity index (χ3v) is 5.01. The number of halogens is 6. The molecule has 2 N–H and O–H groups in total. The number of ether oxygens (including phenoxy) is 1. The van der Waals surface area contributed by atoms with Crippen LogP contribution in [0.15, 0.2) is 60.7 Å². The van der Waals surface area contributed by atoms with Gasteiger partial charge in [0.1, 0.15) is 28.4 Å².